The van der Waals surface area contributed by atoms with Crippen molar-refractivity contribution >= 4 is 41.5 Å². The number of carboxylic acid groups (broad SMARTS) is 1. The first-order valence-corrected chi connectivity index (χ1v) is 13.4. The first-order chi connectivity index (χ1) is 16.9. The maximum atomic E-state index is 13.7. The van der Waals surface area contributed by atoms with Crippen molar-refractivity contribution in [2.24, 2.45) is 11.1 Å². The number of carboxylic acids is 1. The summed E-state index contributed by atoms with van der Waals surface area (Å²) in [6.45, 7) is 0.870. The zero-order chi connectivity index (χ0) is 24.8. The van der Waals surface area contributed by atoms with Crippen molar-refractivity contribution in [1.29, 1.82) is 0 Å². The topological polar surface area (TPSA) is 113 Å². The lowest BCUT2D eigenvalue weighted by Crippen LogP contribution is -2.55. The summed E-state index contributed by atoms with van der Waals surface area (Å²) in [6.07, 6.45) is 7.21. The summed E-state index contributed by atoms with van der Waals surface area (Å²) in [6, 6.07) is 10.4. The molecular weight excluding hydrogens is 498 g/mol. The van der Waals surface area contributed by atoms with Gasteiger partial charge in [-0.25, -0.2) is 4.79 Å². The van der Waals surface area contributed by atoms with E-state index in [1.165, 1.54) is 6.42 Å². The number of thiophene rings is 1. The summed E-state index contributed by atoms with van der Waals surface area (Å²) in [5.74, 6) is -1.10. The van der Waals surface area contributed by atoms with Crippen LogP contribution in [0.2, 0.25) is 0 Å². The average Bonchev–Trinajstić information content (AvgIpc) is 3.38. The number of carbonyl (C=O) groups is 3. The lowest BCUT2D eigenvalue weighted by atomic mass is 9.72. The number of aromatic carboxylic acids is 1. The molecular formula is C27H36ClN3O4S. The molecule has 0 bridgehead atoms. The van der Waals surface area contributed by atoms with E-state index in [9.17, 15) is 19.5 Å². The normalized spacial score (nSPS) is 18.6. The van der Waals surface area contributed by atoms with Gasteiger partial charge in [0.25, 0.3) is 0 Å². The largest absolute Gasteiger partial charge is 0.478 e. The summed E-state index contributed by atoms with van der Waals surface area (Å²) in [7, 11) is 0. The fourth-order valence-corrected chi connectivity index (χ4v) is 6.20. The van der Waals surface area contributed by atoms with Gasteiger partial charge < -0.3 is 21.1 Å². The highest BCUT2D eigenvalue weighted by Crippen LogP contribution is 2.37. The van der Waals surface area contributed by atoms with Crippen LogP contribution in [0.4, 0.5) is 0 Å². The molecule has 4 rings (SSSR count). The fraction of sp³-hybridized carbons (Fsp3) is 0.519. The Morgan fingerprint density at radius 1 is 1.08 bits per heavy atom. The molecule has 1 aliphatic heterocycles. The maximum Gasteiger partial charge on any atom is 0.335 e. The molecule has 36 heavy (non-hydrogen) atoms. The molecule has 2 fully saturated rings. The fourth-order valence-electron chi connectivity index (χ4n) is 5.44. The van der Waals surface area contributed by atoms with E-state index in [1.807, 2.05) is 23.6 Å². The molecule has 1 aromatic heterocycles. The van der Waals surface area contributed by atoms with Crippen molar-refractivity contribution in [3.8, 4) is 0 Å². The summed E-state index contributed by atoms with van der Waals surface area (Å²) in [5.41, 5.74) is 6.38. The Bertz CT molecular complexity index is 1030. The molecule has 1 aliphatic carbocycles. The Hall–Kier alpha value is -2.42. The van der Waals surface area contributed by atoms with Crippen LogP contribution in [0.1, 0.15) is 65.7 Å². The van der Waals surface area contributed by atoms with E-state index in [0.29, 0.717) is 44.3 Å². The molecule has 0 radical (unpaired) electrons. The number of hydrogen-bond acceptors (Lipinski definition) is 5. The molecule has 9 heteroatoms. The number of nitrogens with one attached hydrogen (secondary N) is 1. The van der Waals surface area contributed by atoms with Crippen LogP contribution in [0.5, 0.6) is 0 Å². The second-order valence-electron chi connectivity index (χ2n) is 9.94. The highest BCUT2D eigenvalue weighted by Gasteiger charge is 2.44. The van der Waals surface area contributed by atoms with Crippen LogP contribution < -0.4 is 11.1 Å². The minimum absolute atomic E-state index is 0. The predicted octanol–water partition coefficient (Wildman–Crippen LogP) is 4.04. The third kappa shape index (κ3) is 6.66. The Balaban J connectivity index is 0.00000361. The van der Waals surface area contributed by atoms with Crippen molar-refractivity contribution in [3.05, 3.63) is 57.8 Å². The molecule has 0 unspecified atom stereocenters. The Kier molecular flexibility index (Phi) is 9.93. The van der Waals surface area contributed by atoms with Gasteiger partial charge in [0, 0.05) is 30.4 Å². The smallest absolute Gasteiger partial charge is 0.335 e. The zero-order valence-corrected chi connectivity index (χ0v) is 22.1. The van der Waals surface area contributed by atoms with Gasteiger partial charge in [0.05, 0.1) is 17.0 Å². The van der Waals surface area contributed by atoms with Gasteiger partial charge in [0.1, 0.15) is 0 Å². The highest BCUT2D eigenvalue weighted by atomic mass is 35.5. The van der Waals surface area contributed by atoms with Gasteiger partial charge >= 0.3 is 5.97 Å². The number of carbonyl (C=O) groups excluding carboxylic acids is 2. The molecule has 2 amide bonds. The third-order valence-electron chi connectivity index (χ3n) is 7.55. The Morgan fingerprint density at radius 2 is 1.78 bits per heavy atom. The van der Waals surface area contributed by atoms with E-state index in [4.69, 9.17) is 5.73 Å². The van der Waals surface area contributed by atoms with Gasteiger partial charge in [-0.1, -0.05) is 43.5 Å². The minimum atomic E-state index is -0.990. The van der Waals surface area contributed by atoms with Crippen LogP contribution in [0.3, 0.4) is 0 Å². The van der Waals surface area contributed by atoms with Crippen LogP contribution in [-0.2, 0) is 22.4 Å². The van der Waals surface area contributed by atoms with Crippen molar-refractivity contribution in [2.75, 3.05) is 13.1 Å². The van der Waals surface area contributed by atoms with Crippen molar-refractivity contribution in [2.45, 2.75) is 69.9 Å². The number of piperidine rings is 1. The van der Waals surface area contributed by atoms with Crippen molar-refractivity contribution in [3.63, 3.8) is 0 Å². The van der Waals surface area contributed by atoms with E-state index in [0.717, 1.165) is 30.6 Å². The number of halogens is 1. The number of rotatable bonds is 8. The first kappa shape index (κ1) is 28.2. The van der Waals surface area contributed by atoms with E-state index in [2.05, 4.69) is 5.32 Å². The summed E-state index contributed by atoms with van der Waals surface area (Å²) in [4.78, 5) is 41.4. The number of hydrogen-bond donors (Lipinski definition) is 3. The third-order valence-corrected chi connectivity index (χ3v) is 8.45. The summed E-state index contributed by atoms with van der Waals surface area (Å²) in [5, 5.41) is 14.9. The lowest BCUT2D eigenvalue weighted by Gasteiger charge is -2.42. The molecule has 196 valence electrons. The second-order valence-corrected chi connectivity index (χ2v) is 11.0. The molecule has 2 aromatic rings. The number of nitrogens with two attached hydrogens (primary N) is 1. The molecule has 7 nitrogen and oxygen atoms in total. The molecule has 1 saturated carbocycles. The molecule has 2 aliphatic rings. The SMILES string of the molecule is Cl.N[C@@H](Cc1cccs1)C(=O)N1CCC(Cc2ccccc2C(=O)O)(C(=O)NC2CCCCC2)CC1. The van der Waals surface area contributed by atoms with Crippen molar-refractivity contribution < 1.29 is 19.5 Å². The quantitative estimate of drug-likeness (QED) is 0.474. The molecule has 2 heterocycles. The molecule has 1 aromatic carbocycles. The van der Waals surface area contributed by atoms with Gasteiger partial charge in [-0.2, -0.15) is 0 Å². The number of likely N-dealkylation sites (tertiary alicyclic amines) is 1. The number of nitrogens with zero attached hydrogens (tertiary/aromatic N) is 1. The average molecular weight is 534 g/mol. The van der Waals surface area contributed by atoms with Gasteiger partial charge in [0.2, 0.25) is 11.8 Å². The van der Waals surface area contributed by atoms with Crippen LogP contribution in [0.25, 0.3) is 0 Å². The Morgan fingerprint density at radius 3 is 2.42 bits per heavy atom. The number of benzene rings is 1. The first-order valence-electron chi connectivity index (χ1n) is 12.6. The monoisotopic (exact) mass is 533 g/mol. The van der Waals surface area contributed by atoms with E-state index in [1.54, 1.807) is 34.4 Å². The van der Waals surface area contributed by atoms with Gasteiger partial charge in [-0.05, 0) is 55.2 Å². The highest BCUT2D eigenvalue weighted by molar-refractivity contribution is 7.09. The molecule has 0 spiro atoms. The van der Waals surface area contributed by atoms with Crippen LogP contribution in [0, 0.1) is 5.41 Å². The molecule has 1 saturated heterocycles. The molecule has 4 N–H and O–H groups in total. The van der Waals surface area contributed by atoms with E-state index >= 15 is 0 Å². The van der Waals surface area contributed by atoms with Crippen LogP contribution in [-0.4, -0.2) is 53.0 Å². The van der Waals surface area contributed by atoms with Crippen LogP contribution >= 0.6 is 23.7 Å². The predicted molar refractivity (Wildman–Crippen MR) is 144 cm³/mol. The van der Waals surface area contributed by atoms with Crippen LogP contribution in [0.15, 0.2) is 41.8 Å². The van der Waals surface area contributed by atoms with Gasteiger partial charge in [0.15, 0.2) is 0 Å². The van der Waals surface area contributed by atoms with Crippen molar-refractivity contribution in [1.82, 2.24) is 10.2 Å². The maximum absolute atomic E-state index is 13.7. The summed E-state index contributed by atoms with van der Waals surface area (Å²) < 4.78 is 0. The summed E-state index contributed by atoms with van der Waals surface area (Å²) >= 11 is 1.59. The van der Waals surface area contributed by atoms with Gasteiger partial charge in [-0.3, -0.25) is 9.59 Å². The second kappa shape index (κ2) is 12.7. The lowest BCUT2D eigenvalue weighted by molar-refractivity contribution is -0.141. The van der Waals surface area contributed by atoms with Gasteiger partial charge in [-0.15, -0.1) is 23.7 Å². The van der Waals surface area contributed by atoms with E-state index < -0.39 is 17.4 Å². The Labute approximate surface area is 222 Å². The standard InChI is InChI=1S/C27H35N3O4S.ClH/c28-23(17-21-10-6-16-35-21)24(31)30-14-12-27(13-15-30,26(34)29-20-8-2-1-3-9-20)18-19-7-4-5-11-22(19)25(32)33;/h4-7,10-11,16,20,23H,1-3,8-9,12-15,17-18,28H2,(H,29,34)(H,32,33);1H/t23-;/m0./s1. The molecule has 1 atom stereocenters. The van der Waals surface area contributed by atoms with E-state index in [-0.39, 0.29) is 35.8 Å². The zero-order valence-electron chi connectivity index (χ0n) is 20.5. The number of amides is 2. The minimum Gasteiger partial charge on any atom is -0.478 e.